The third-order valence-electron chi connectivity index (χ3n) is 4.42. The lowest BCUT2D eigenvalue weighted by atomic mass is 9.74. The van der Waals surface area contributed by atoms with E-state index in [0.29, 0.717) is 5.88 Å². The Hall–Kier alpha value is -0.540. The zero-order valence-electron chi connectivity index (χ0n) is 11.1. The second-order valence-electron chi connectivity index (χ2n) is 5.37. The minimum absolute atomic E-state index is 0.282. The van der Waals surface area contributed by atoms with Gasteiger partial charge in [-0.1, -0.05) is 22.9 Å². The van der Waals surface area contributed by atoms with Gasteiger partial charge in [-0.15, -0.1) is 11.6 Å². The summed E-state index contributed by atoms with van der Waals surface area (Å²) in [7, 11) is 0. The van der Waals surface area contributed by atoms with Gasteiger partial charge in [0.25, 0.3) is 0 Å². The molecule has 1 fully saturated rings. The number of aromatic nitrogens is 2. The van der Waals surface area contributed by atoms with E-state index in [2.05, 4.69) is 45.6 Å². The number of alkyl halides is 1. The van der Waals surface area contributed by atoms with Crippen molar-refractivity contribution in [3.8, 4) is 0 Å². The van der Waals surface area contributed by atoms with E-state index < -0.39 is 0 Å². The van der Waals surface area contributed by atoms with Crippen LogP contribution in [0.2, 0.25) is 0 Å². The molecule has 1 aromatic carbocycles. The van der Waals surface area contributed by atoms with Crippen molar-refractivity contribution in [2.75, 3.05) is 5.88 Å². The summed E-state index contributed by atoms with van der Waals surface area (Å²) in [5.41, 5.74) is 2.61. The van der Waals surface area contributed by atoms with Crippen molar-refractivity contribution in [1.82, 2.24) is 9.55 Å². The molecular formula is C15H18BrClN2. The van der Waals surface area contributed by atoms with E-state index in [1.807, 2.05) is 0 Å². The molecule has 0 spiro atoms. The maximum absolute atomic E-state index is 5.96. The Balaban J connectivity index is 2.21. The first-order chi connectivity index (χ1) is 9.20. The number of aryl methyl sites for hydroxylation is 1. The Bertz CT molecular complexity index is 596. The topological polar surface area (TPSA) is 17.8 Å². The van der Waals surface area contributed by atoms with Crippen LogP contribution in [0.5, 0.6) is 0 Å². The number of imidazole rings is 1. The fourth-order valence-corrected chi connectivity index (χ4v) is 3.72. The first kappa shape index (κ1) is 13.4. The molecule has 1 aromatic heterocycles. The summed E-state index contributed by atoms with van der Waals surface area (Å²) in [6, 6.07) is 6.39. The molecule has 0 radical (unpaired) electrons. The summed E-state index contributed by atoms with van der Waals surface area (Å²) in [6.45, 7) is 2.29. The van der Waals surface area contributed by atoms with Gasteiger partial charge in [0.1, 0.15) is 5.82 Å². The molecule has 1 aliphatic rings. The first-order valence-corrected chi connectivity index (χ1v) is 8.26. The van der Waals surface area contributed by atoms with E-state index in [9.17, 15) is 0 Å². The molecule has 1 aliphatic carbocycles. The molecule has 0 bridgehead atoms. The van der Waals surface area contributed by atoms with Gasteiger partial charge in [-0.05, 0) is 43.9 Å². The lowest BCUT2D eigenvalue weighted by molar-refractivity contribution is 0.137. The molecule has 1 saturated carbocycles. The Kier molecular flexibility index (Phi) is 3.61. The predicted molar refractivity (Wildman–Crippen MR) is 84.0 cm³/mol. The minimum Gasteiger partial charge on any atom is -0.322 e. The lowest BCUT2D eigenvalue weighted by Gasteiger charge is -2.44. The molecule has 102 valence electrons. The quantitative estimate of drug-likeness (QED) is 0.725. The van der Waals surface area contributed by atoms with Crippen molar-refractivity contribution < 1.29 is 0 Å². The normalized spacial score (nSPS) is 17.6. The van der Waals surface area contributed by atoms with E-state index in [-0.39, 0.29) is 5.54 Å². The zero-order valence-corrected chi connectivity index (χ0v) is 13.5. The predicted octanol–water partition coefficient (Wildman–Crippen LogP) is 4.87. The Labute approximate surface area is 127 Å². The maximum atomic E-state index is 5.96. The summed E-state index contributed by atoms with van der Waals surface area (Å²) in [5.74, 6) is 1.77. The number of benzene rings is 1. The average Bonchev–Trinajstić information content (AvgIpc) is 2.68. The highest BCUT2D eigenvalue weighted by atomic mass is 79.9. The van der Waals surface area contributed by atoms with Crippen molar-refractivity contribution >= 4 is 38.6 Å². The summed E-state index contributed by atoms with van der Waals surface area (Å²) in [6.07, 6.45) is 5.87. The first-order valence-electron chi connectivity index (χ1n) is 6.93. The van der Waals surface area contributed by atoms with Crippen LogP contribution in [0.1, 0.15) is 38.4 Å². The van der Waals surface area contributed by atoms with Crippen LogP contribution in [-0.4, -0.2) is 15.4 Å². The van der Waals surface area contributed by atoms with Gasteiger partial charge in [0.15, 0.2) is 0 Å². The number of halogens is 2. The van der Waals surface area contributed by atoms with Crippen molar-refractivity contribution in [1.29, 1.82) is 0 Å². The molecular weight excluding hydrogens is 324 g/mol. The molecule has 1 heterocycles. The van der Waals surface area contributed by atoms with Crippen LogP contribution in [0.15, 0.2) is 22.7 Å². The third kappa shape index (κ3) is 2.11. The van der Waals surface area contributed by atoms with Gasteiger partial charge in [-0.3, -0.25) is 0 Å². The lowest BCUT2D eigenvalue weighted by Crippen LogP contribution is -2.41. The highest BCUT2D eigenvalue weighted by Crippen LogP contribution is 2.44. The van der Waals surface area contributed by atoms with Crippen LogP contribution < -0.4 is 0 Å². The Morgan fingerprint density at radius 2 is 2.21 bits per heavy atom. The van der Waals surface area contributed by atoms with Crippen LogP contribution in [0.25, 0.3) is 11.0 Å². The highest BCUT2D eigenvalue weighted by molar-refractivity contribution is 9.10. The second kappa shape index (κ2) is 5.10. The molecule has 19 heavy (non-hydrogen) atoms. The van der Waals surface area contributed by atoms with Crippen LogP contribution in [0.4, 0.5) is 0 Å². The van der Waals surface area contributed by atoms with Crippen LogP contribution in [0.3, 0.4) is 0 Å². The highest BCUT2D eigenvalue weighted by Gasteiger charge is 2.39. The standard InChI is InChI=1S/C15H18BrClN2/c1-2-15(7-3-8-15)19-13-5-4-11(16)10-12(13)18-14(19)6-9-17/h4-5,10H,2-3,6-9H2,1H3. The van der Waals surface area contributed by atoms with Crippen LogP contribution in [-0.2, 0) is 12.0 Å². The molecule has 2 aromatic rings. The van der Waals surface area contributed by atoms with Gasteiger partial charge in [-0.25, -0.2) is 4.98 Å². The molecule has 3 rings (SSSR count). The summed E-state index contributed by atoms with van der Waals surface area (Å²) < 4.78 is 3.56. The van der Waals surface area contributed by atoms with Gasteiger partial charge in [0.05, 0.1) is 11.0 Å². The average molecular weight is 342 g/mol. The summed E-state index contributed by atoms with van der Waals surface area (Å²) in [5, 5.41) is 0. The van der Waals surface area contributed by atoms with Crippen LogP contribution >= 0.6 is 27.5 Å². The zero-order chi connectivity index (χ0) is 13.5. The fourth-order valence-electron chi connectivity index (χ4n) is 3.20. The molecule has 4 heteroatoms. The number of fused-ring (bicyclic) bond motifs is 1. The number of nitrogens with zero attached hydrogens (tertiary/aromatic N) is 2. The second-order valence-corrected chi connectivity index (χ2v) is 6.66. The van der Waals surface area contributed by atoms with Crippen molar-refractivity contribution in [3.05, 3.63) is 28.5 Å². The molecule has 2 nitrogen and oxygen atoms in total. The van der Waals surface area contributed by atoms with Crippen LogP contribution in [0, 0.1) is 0 Å². The largest absolute Gasteiger partial charge is 0.322 e. The summed E-state index contributed by atoms with van der Waals surface area (Å²) >= 11 is 9.49. The molecule has 0 aliphatic heterocycles. The SMILES string of the molecule is CCC1(n2c(CCCl)nc3cc(Br)ccc32)CCC1. The monoisotopic (exact) mass is 340 g/mol. The van der Waals surface area contributed by atoms with Gasteiger partial charge in [-0.2, -0.15) is 0 Å². The van der Waals surface area contributed by atoms with E-state index in [1.54, 1.807) is 0 Å². The fraction of sp³-hybridized carbons (Fsp3) is 0.533. The van der Waals surface area contributed by atoms with Gasteiger partial charge in [0.2, 0.25) is 0 Å². The van der Waals surface area contributed by atoms with Gasteiger partial charge in [0, 0.05) is 22.3 Å². The number of hydrogen-bond donors (Lipinski definition) is 0. The maximum Gasteiger partial charge on any atom is 0.111 e. The molecule has 0 saturated heterocycles. The minimum atomic E-state index is 0.282. The Morgan fingerprint density at radius 3 is 2.79 bits per heavy atom. The van der Waals surface area contributed by atoms with E-state index in [4.69, 9.17) is 16.6 Å². The van der Waals surface area contributed by atoms with Crippen molar-refractivity contribution in [2.24, 2.45) is 0 Å². The number of hydrogen-bond acceptors (Lipinski definition) is 1. The van der Waals surface area contributed by atoms with Crippen molar-refractivity contribution in [3.63, 3.8) is 0 Å². The van der Waals surface area contributed by atoms with E-state index in [0.717, 1.165) is 22.2 Å². The Morgan fingerprint density at radius 1 is 1.42 bits per heavy atom. The van der Waals surface area contributed by atoms with Gasteiger partial charge < -0.3 is 4.57 Å². The van der Waals surface area contributed by atoms with E-state index >= 15 is 0 Å². The molecule has 0 N–H and O–H groups in total. The molecule has 0 atom stereocenters. The number of rotatable bonds is 4. The van der Waals surface area contributed by atoms with Crippen molar-refractivity contribution in [2.45, 2.75) is 44.6 Å². The third-order valence-corrected chi connectivity index (χ3v) is 5.10. The smallest absolute Gasteiger partial charge is 0.111 e. The molecule has 0 amide bonds. The molecule has 0 unspecified atom stereocenters. The van der Waals surface area contributed by atoms with E-state index in [1.165, 1.54) is 31.2 Å². The van der Waals surface area contributed by atoms with Gasteiger partial charge >= 0.3 is 0 Å². The summed E-state index contributed by atoms with van der Waals surface area (Å²) in [4.78, 5) is 4.81.